The Morgan fingerprint density at radius 2 is 1.74 bits per heavy atom. The lowest BCUT2D eigenvalue weighted by Crippen LogP contribution is -2.23. The summed E-state index contributed by atoms with van der Waals surface area (Å²) in [5, 5.41) is 0. The van der Waals surface area contributed by atoms with Gasteiger partial charge in [-0.05, 0) is 37.0 Å². The van der Waals surface area contributed by atoms with Gasteiger partial charge in [-0.25, -0.2) is 0 Å². The van der Waals surface area contributed by atoms with Crippen molar-refractivity contribution in [3.8, 4) is 0 Å². The van der Waals surface area contributed by atoms with Crippen molar-refractivity contribution < 1.29 is 19.1 Å². The van der Waals surface area contributed by atoms with Crippen LogP contribution >= 0.6 is 0 Å². The Hall–Kier alpha value is -1.32. The standard InChI is InChI=1S/C15H22O4/c1-10(16)18-8-13(9-19-11(2)17)7-15-6-12-3-4-14(15)5-12/h3-4,12-15H,5-9H2,1-2H3. The molecule has 0 aromatic heterocycles. The highest BCUT2D eigenvalue weighted by Crippen LogP contribution is 2.46. The predicted molar refractivity (Wildman–Crippen MR) is 70.2 cm³/mol. The van der Waals surface area contributed by atoms with Crippen molar-refractivity contribution in [1.29, 1.82) is 0 Å². The third kappa shape index (κ3) is 4.08. The van der Waals surface area contributed by atoms with Crippen LogP contribution in [0.15, 0.2) is 12.2 Å². The van der Waals surface area contributed by atoms with Gasteiger partial charge < -0.3 is 9.47 Å². The Morgan fingerprint density at radius 1 is 1.11 bits per heavy atom. The summed E-state index contributed by atoms with van der Waals surface area (Å²) >= 11 is 0. The molecule has 2 rings (SSSR count). The number of hydrogen-bond acceptors (Lipinski definition) is 4. The highest BCUT2D eigenvalue weighted by atomic mass is 16.5. The average molecular weight is 266 g/mol. The summed E-state index contributed by atoms with van der Waals surface area (Å²) in [5.74, 6) is 1.61. The summed E-state index contributed by atoms with van der Waals surface area (Å²) < 4.78 is 10.2. The van der Waals surface area contributed by atoms with Crippen molar-refractivity contribution in [2.75, 3.05) is 13.2 Å². The molecule has 2 aliphatic rings. The largest absolute Gasteiger partial charge is 0.465 e. The van der Waals surface area contributed by atoms with Crippen LogP contribution in [0.2, 0.25) is 0 Å². The van der Waals surface area contributed by atoms with Crippen molar-refractivity contribution in [3.63, 3.8) is 0 Å². The van der Waals surface area contributed by atoms with Crippen LogP contribution in [0, 0.1) is 23.7 Å². The molecule has 4 heteroatoms. The molecule has 0 saturated heterocycles. The zero-order valence-electron chi connectivity index (χ0n) is 11.6. The second-order valence-electron chi connectivity index (χ2n) is 5.75. The number of fused-ring (bicyclic) bond motifs is 2. The summed E-state index contributed by atoms with van der Waals surface area (Å²) in [7, 11) is 0. The number of carbonyl (C=O) groups excluding carboxylic acids is 2. The van der Waals surface area contributed by atoms with E-state index in [-0.39, 0.29) is 17.9 Å². The number of rotatable bonds is 6. The van der Waals surface area contributed by atoms with Crippen LogP contribution in [0.3, 0.4) is 0 Å². The molecule has 19 heavy (non-hydrogen) atoms. The number of ether oxygens (including phenoxy) is 2. The summed E-state index contributed by atoms with van der Waals surface area (Å²) in [5.41, 5.74) is 0. The van der Waals surface area contributed by atoms with Gasteiger partial charge in [0.25, 0.3) is 0 Å². The molecule has 3 unspecified atom stereocenters. The number of carbonyl (C=O) groups is 2. The molecule has 4 nitrogen and oxygen atoms in total. The lowest BCUT2D eigenvalue weighted by Gasteiger charge is -2.24. The van der Waals surface area contributed by atoms with Crippen LogP contribution < -0.4 is 0 Å². The molecule has 0 spiro atoms. The second-order valence-corrected chi connectivity index (χ2v) is 5.75. The SMILES string of the molecule is CC(=O)OCC(COC(C)=O)CC1CC2C=CC1C2. The number of hydrogen-bond donors (Lipinski definition) is 0. The quantitative estimate of drug-likeness (QED) is 0.547. The van der Waals surface area contributed by atoms with E-state index >= 15 is 0 Å². The van der Waals surface area contributed by atoms with Crippen LogP contribution in [0.25, 0.3) is 0 Å². The van der Waals surface area contributed by atoms with Crippen LogP contribution in [-0.4, -0.2) is 25.2 Å². The first-order valence-electron chi connectivity index (χ1n) is 6.99. The molecular weight excluding hydrogens is 244 g/mol. The van der Waals surface area contributed by atoms with Gasteiger partial charge in [0, 0.05) is 19.8 Å². The first kappa shape index (κ1) is 14.1. The number of allylic oxidation sites excluding steroid dienone is 2. The van der Waals surface area contributed by atoms with Crippen molar-refractivity contribution in [2.45, 2.75) is 33.1 Å². The van der Waals surface area contributed by atoms with E-state index in [1.807, 2.05) is 0 Å². The Labute approximate surface area is 114 Å². The average Bonchev–Trinajstić information content (AvgIpc) is 2.94. The van der Waals surface area contributed by atoms with Crippen LogP contribution in [0.5, 0.6) is 0 Å². The van der Waals surface area contributed by atoms with Gasteiger partial charge in [0.2, 0.25) is 0 Å². The van der Waals surface area contributed by atoms with E-state index in [1.54, 1.807) is 0 Å². The molecule has 3 atom stereocenters. The molecule has 0 N–H and O–H groups in total. The highest BCUT2D eigenvalue weighted by Gasteiger charge is 2.36. The smallest absolute Gasteiger partial charge is 0.302 e. The molecule has 106 valence electrons. The molecule has 1 saturated carbocycles. The third-order valence-electron chi connectivity index (χ3n) is 4.10. The first-order chi connectivity index (χ1) is 9.04. The Bertz CT molecular complexity index is 356. The van der Waals surface area contributed by atoms with Gasteiger partial charge >= 0.3 is 11.9 Å². The normalized spacial score (nSPS) is 27.8. The summed E-state index contributed by atoms with van der Waals surface area (Å²) in [4.78, 5) is 21.8. The van der Waals surface area contributed by atoms with Crippen molar-refractivity contribution >= 4 is 11.9 Å². The summed E-state index contributed by atoms with van der Waals surface area (Å²) in [6.07, 6.45) is 8.07. The zero-order valence-corrected chi connectivity index (χ0v) is 11.6. The maximum absolute atomic E-state index is 10.9. The molecule has 2 bridgehead atoms. The molecule has 0 aromatic rings. The Kier molecular flexibility index (Phi) is 4.61. The van der Waals surface area contributed by atoms with Gasteiger partial charge in [-0.15, -0.1) is 0 Å². The fourth-order valence-corrected chi connectivity index (χ4v) is 3.25. The molecular formula is C15H22O4. The van der Waals surface area contributed by atoms with E-state index < -0.39 is 0 Å². The fourth-order valence-electron chi connectivity index (χ4n) is 3.25. The van der Waals surface area contributed by atoms with Gasteiger partial charge in [-0.3, -0.25) is 9.59 Å². The summed E-state index contributed by atoms with van der Waals surface area (Å²) in [6, 6.07) is 0. The van der Waals surface area contributed by atoms with Gasteiger partial charge in [-0.1, -0.05) is 12.2 Å². The minimum atomic E-state index is -0.277. The van der Waals surface area contributed by atoms with E-state index in [4.69, 9.17) is 9.47 Å². The van der Waals surface area contributed by atoms with Crippen LogP contribution in [0.1, 0.15) is 33.1 Å². The van der Waals surface area contributed by atoms with E-state index in [0.29, 0.717) is 25.0 Å². The minimum Gasteiger partial charge on any atom is -0.465 e. The summed E-state index contributed by atoms with van der Waals surface area (Å²) in [6.45, 7) is 3.51. The van der Waals surface area contributed by atoms with E-state index in [2.05, 4.69) is 12.2 Å². The topological polar surface area (TPSA) is 52.6 Å². The molecule has 0 heterocycles. The van der Waals surface area contributed by atoms with Gasteiger partial charge in [0.05, 0.1) is 13.2 Å². The second kappa shape index (κ2) is 6.22. The lowest BCUT2D eigenvalue weighted by molar-refractivity contribution is -0.146. The molecule has 0 amide bonds. The number of esters is 2. The van der Waals surface area contributed by atoms with Gasteiger partial charge in [0.1, 0.15) is 0 Å². The lowest BCUT2D eigenvalue weighted by atomic mass is 9.85. The van der Waals surface area contributed by atoms with Crippen molar-refractivity contribution in [3.05, 3.63) is 12.2 Å². The minimum absolute atomic E-state index is 0.116. The van der Waals surface area contributed by atoms with Crippen LogP contribution in [-0.2, 0) is 19.1 Å². The molecule has 1 fully saturated rings. The van der Waals surface area contributed by atoms with E-state index in [0.717, 1.165) is 12.3 Å². The van der Waals surface area contributed by atoms with Crippen molar-refractivity contribution in [1.82, 2.24) is 0 Å². The molecule has 0 radical (unpaired) electrons. The molecule has 2 aliphatic carbocycles. The monoisotopic (exact) mass is 266 g/mol. The van der Waals surface area contributed by atoms with Gasteiger partial charge in [0.15, 0.2) is 0 Å². The van der Waals surface area contributed by atoms with Crippen LogP contribution in [0.4, 0.5) is 0 Å². The predicted octanol–water partition coefficient (Wildman–Crippen LogP) is 2.33. The Balaban J connectivity index is 1.83. The van der Waals surface area contributed by atoms with E-state index in [1.165, 1.54) is 26.7 Å². The molecule has 0 aromatic carbocycles. The van der Waals surface area contributed by atoms with E-state index in [9.17, 15) is 9.59 Å². The van der Waals surface area contributed by atoms with Gasteiger partial charge in [-0.2, -0.15) is 0 Å². The first-order valence-corrected chi connectivity index (χ1v) is 6.99. The maximum Gasteiger partial charge on any atom is 0.302 e. The van der Waals surface area contributed by atoms with Crippen molar-refractivity contribution in [2.24, 2.45) is 23.7 Å². The highest BCUT2D eigenvalue weighted by molar-refractivity contribution is 5.66. The maximum atomic E-state index is 10.9. The fraction of sp³-hybridized carbons (Fsp3) is 0.733. The molecule has 0 aliphatic heterocycles. The Morgan fingerprint density at radius 3 is 2.16 bits per heavy atom. The third-order valence-corrected chi connectivity index (χ3v) is 4.10. The zero-order chi connectivity index (χ0) is 13.8.